The lowest BCUT2D eigenvalue weighted by atomic mass is 10.1. The van der Waals surface area contributed by atoms with E-state index in [0.29, 0.717) is 0 Å². The fraction of sp³-hybridized carbons (Fsp3) is 0. The molecule has 0 saturated heterocycles. The molecule has 0 saturated carbocycles. The number of carbonyl (C=O) groups excluding carboxylic acids is 1. The van der Waals surface area contributed by atoms with Crippen LogP contribution in [0.1, 0.15) is 5.56 Å². The summed E-state index contributed by atoms with van der Waals surface area (Å²) in [7, 11) is 0. The molecule has 0 bridgehead atoms. The van der Waals surface area contributed by atoms with E-state index < -0.39 is 0 Å². The molecule has 0 spiro atoms. The van der Waals surface area contributed by atoms with E-state index in [9.17, 15) is 4.79 Å². The molecule has 76 valence electrons. The van der Waals surface area contributed by atoms with E-state index in [4.69, 9.17) is 0 Å². The van der Waals surface area contributed by atoms with Gasteiger partial charge in [-0.15, -0.1) is 0 Å². The van der Waals surface area contributed by atoms with Crippen LogP contribution in [0, 0.1) is 0 Å². The second-order valence-corrected chi connectivity index (χ2v) is 3.85. The van der Waals surface area contributed by atoms with Crippen LogP contribution in [-0.2, 0) is 4.79 Å². The zero-order valence-electron chi connectivity index (χ0n) is 8.68. The number of hydrogen-bond acceptors (Lipinski definition) is 1. The maximum Gasteiger partial charge on any atom is 0.150 e. The first kappa shape index (κ1) is 9.10. The fourth-order valence-corrected chi connectivity index (χ4v) is 2.20. The summed E-state index contributed by atoms with van der Waals surface area (Å²) in [6, 6.07) is 6.14. The predicted molar refractivity (Wildman–Crippen MR) is 65.9 cm³/mol. The summed E-state index contributed by atoms with van der Waals surface area (Å²) in [6.45, 7) is 0. The van der Waals surface area contributed by atoms with E-state index in [2.05, 4.69) is 12.1 Å². The van der Waals surface area contributed by atoms with Gasteiger partial charge in [-0.3, -0.25) is 4.79 Å². The van der Waals surface area contributed by atoms with Gasteiger partial charge in [-0.2, -0.15) is 0 Å². The summed E-state index contributed by atoms with van der Waals surface area (Å²) in [5.74, 6) is 0. The summed E-state index contributed by atoms with van der Waals surface area (Å²) < 4.78 is 0. The van der Waals surface area contributed by atoms with E-state index in [1.165, 1.54) is 10.4 Å². The molecule has 1 heteroatoms. The molecule has 1 nitrogen and oxygen atoms in total. The van der Waals surface area contributed by atoms with Crippen molar-refractivity contribution < 1.29 is 4.79 Å². The van der Waals surface area contributed by atoms with Gasteiger partial charge in [0.15, 0.2) is 6.29 Å². The molecule has 0 aromatic heterocycles. The molecule has 16 heavy (non-hydrogen) atoms. The minimum atomic E-state index is 0.766. The smallest absolute Gasteiger partial charge is 0.150 e. The van der Waals surface area contributed by atoms with Crippen molar-refractivity contribution in [3.8, 4) is 0 Å². The molecule has 1 aromatic rings. The molecular weight excluding hydrogens is 196 g/mol. The Morgan fingerprint density at radius 1 is 1.06 bits per heavy atom. The first-order valence-electron chi connectivity index (χ1n) is 5.26. The number of allylic oxidation sites excluding steroid dienone is 5. The Kier molecular flexibility index (Phi) is 1.97. The van der Waals surface area contributed by atoms with E-state index in [-0.39, 0.29) is 0 Å². The van der Waals surface area contributed by atoms with Crippen LogP contribution >= 0.6 is 0 Å². The highest BCUT2D eigenvalue weighted by Crippen LogP contribution is 2.18. The number of rotatable bonds is 1. The topological polar surface area (TPSA) is 17.1 Å². The number of aldehydes is 1. The van der Waals surface area contributed by atoms with Gasteiger partial charge < -0.3 is 0 Å². The molecular formula is C15H10O. The average molecular weight is 206 g/mol. The Labute approximate surface area is 93.4 Å². The molecule has 0 amide bonds. The Hall–Kier alpha value is -2.15. The van der Waals surface area contributed by atoms with Crippen LogP contribution < -0.4 is 10.4 Å². The Morgan fingerprint density at radius 3 is 2.88 bits per heavy atom. The SMILES string of the molecule is O=CC1=Cc2ccc\c3c2=C1\C=C/C=C\C=3. The van der Waals surface area contributed by atoms with Gasteiger partial charge in [0.1, 0.15) is 0 Å². The standard InChI is InChI=1S/C15H10O/c16-10-13-9-12-7-4-6-11-5-2-1-3-8-14(13)15(11)12/h1-10H/b2-1-,3-1?,5-2?,8-3-,11-5+,14-8?. The third-order valence-corrected chi connectivity index (χ3v) is 2.91. The minimum absolute atomic E-state index is 0.766. The first-order valence-corrected chi connectivity index (χ1v) is 5.26. The van der Waals surface area contributed by atoms with Crippen molar-refractivity contribution in [2.75, 3.05) is 0 Å². The van der Waals surface area contributed by atoms with Crippen molar-refractivity contribution in [3.05, 3.63) is 64.1 Å². The third kappa shape index (κ3) is 1.22. The normalized spacial score (nSPS) is 22.1. The van der Waals surface area contributed by atoms with Crippen molar-refractivity contribution in [2.45, 2.75) is 0 Å². The zero-order valence-corrected chi connectivity index (χ0v) is 8.68. The summed E-state index contributed by atoms with van der Waals surface area (Å²) in [4.78, 5) is 11.0. The van der Waals surface area contributed by atoms with Crippen LogP contribution in [0.2, 0.25) is 0 Å². The highest BCUT2D eigenvalue weighted by Gasteiger charge is 2.12. The molecule has 3 rings (SSSR count). The molecule has 0 aliphatic heterocycles. The van der Waals surface area contributed by atoms with Crippen molar-refractivity contribution in [3.63, 3.8) is 0 Å². The van der Waals surface area contributed by atoms with Gasteiger partial charge in [0.05, 0.1) is 0 Å². The lowest BCUT2D eigenvalue weighted by Crippen LogP contribution is -2.27. The highest BCUT2D eigenvalue weighted by atomic mass is 16.1. The molecule has 0 unspecified atom stereocenters. The van der Waals surface area contributed by atoms with Gasteiger partial charge in [-0.1, -0.05) is 48.6 Å². The molecule has 2 aliphatic rings. The maximum absolute atomic E-state index is 11.0. The van der Waals surface area contributed by atoms with E-state index >= 15 is 0 Å². The van der Waals surface area contributed by atoms with E-state index in [1.54, 1.807) is 0 Å². The monoisotopic (exact) mass is 206 g/mol. The maximum atomic E-state index is 11.0. The van der Waals surface area contributed by atoms with Gasteiger partial charge in [-0.05, 0) is 27.6 Å². The predicted octanol–water partition coefficient (Wildman–Crippen LogP) is 1.34. The van der Waals surface area contributed by atoms with Gasteiger partial charge in [0.2, 0.25) is 0 Å². The minimum Gasteiger partial charge on any atom is -0.298 e. The van der Waals surface area contributed by atoms with Crippen LogP contribution in [0.3, 0.4) is 0 Å². The lowest BCUT2D eigenvalue weighted by molar-refractivity contribution is -0.104. The summed E-state index contributed by atoms with van der Waals surface area (Å²) in [6.07, 6.45) is 12.9. The van der Waals surface area contributed by atoms with E-state index in [1.807, 2.05) is 42.5 Å². The molecule has 0 fully saturated rings. The number of benzene rings is 1. The molecule has 0 heterocycles. The van der Waals surface area contributed by atoms with Crippen LogP contribution in [0.4, 0.5) is 0 Å². The Balaban J connectivity index is 2.51. The Morgan fingerprint density at radius 2 is 2.00 bits per heavy atom. The largest absolute Gasteiger partial charge is 0.298 e. The summed E-state index contributed by atoms with van der Waals surface area (Å²) in [5.41, 5.74) is 2.93. The fourth-order valence-electron chi connectivity index (χ4n) is 2.20. The second-order valence-electron chi connectivity index (χ2n) is 3.85. The lowest BCUT2D eigenvalue weighted by Gasteiger charge is -1.98. The van der Waals surface area contributed by atoms with Crippen molar-refractivity contribution in [1.82, 2.24) is 0 Å². The van der Waals surface area contributed by atoms with Gasteiger partial charge in [0.25, 0.3) is 0 Å². The van der Waals surface area contributed by atoms with Crippen LogP contribution in [0.15, 0.2) is 48.1 Å². The molecule has 1 aromatic carbocycles. The quantitative estimate of drug-likeness (QED) is 0.634. The van der Waals surface area contributed by atoms with Crippen molar-refractivity contribution in [1.29, 1.82) is 0 Å². The van der Waals surface area contributed by atoms with Crippen LogP contribution in [0.5, 0.6) is 0 Å². The van der Waals surface area contributed by atoms with Gasteiger partial charge in [0, 0.05) is 5.57 Å². The number of carbonyl (C=O) groups is 1. The van der Waals surface area contributed by atoms with Crippen molar-refractivity contribution in [2.24, 2.45) is 0 Å². The number of hydrogen-bond donors (Lipinski definition) is 0. The van der Waals surface area contributed by atoms with E-state index in [0.717, 1.165) is 23.0 Å². The molecule has 0 N–H and O–H groups in total. The van der Waals surface area contributed by atoms with Crippen LogP contribution in [0.25, 0.3) is 17.7 Å². The van der Waals surface area contributed by atoms with Gasteiger partial charge in [-0.25, -0.2) is 0 Å². The van der Waals surface area contributed by atoms with Gasteiger partial charge >= 0.3 is 0 Å². The van der Waals surface area contributed by atoms with Crippen molar-refractivity contribution >= 4 is 24.0 Å². The molecule has 0 radical (unpaired) electrons. The third-order valence-electron chi connectivity index (χ3n) is 2.91. The first-order chi connectivity index (χ1) is 7.90. The Bertz CT molecular complexity index is 670. The summed E-state index contributed by atoms with van der Waals surface area (Å²) in [5, 5.41) is 2.34. The molecule has 2 aliphatic carbocycles. The second kappa shape index (κ2) is 3.46. The zero-order chi connectivity index (χ0) is 11.0. The molecule has 0 atom stereocenters. The summed E-state index contributed by atoms with van der Waals surface area (Å²) >= 11 is 0. The average Bonchev–Trinajstić information content (AvgIpc) is 2.63. The highest BCUT2D eigenvalue weighted by molar-refractivity contribution is 6.04. The van der Waals surface area contributed by atoms with Crippen LogP contribution in [-0.4, -0.2) is 6.29 Å².